The smallest absolute Gasteiger partial charge is 0.274 e. The van der Waals surface area contributed by atoms with E-state index in [0.717, 1.165) is 71.2 Å². The molecule has 2 saturated carbocycles. The summed E-state index contributed by atoms with van der Waals surface area (Å²) in [5.74, 6) is 1.62. The molecule has 3 aliphatic carbocycles. The number of fused-ring (bicyclic) bond motifs is 2. The molecule has 4 atom stereocenters. The second-order valence-corrected chi connectivity index (χ2v) is 13.3. The molecule has 0 N–H and O–H groups in total. The molecule has 0 radical (unpaired) electrons. The summed E-state index contributed by atoms with van der Waals surface area (Å²) >= 11 is 14.6. The minimum Gasteiger partial charge on any atom is -0.461 e. The highest BCUT2D eigenvalue weighted by Gasteiger charge is 2.50. The maximum atomic E-state index is 12.5. The predicted molar refractivity (Wildman–Crippen MR) is 154 cm³/mol. The third-order valence-electron chi connectivity index (χ3n) is 8.46. The number of thiazole rings is 1. The van der Waals surface area contributed by atoms with Gasteiger partial charge in [-0.15, -0.1) is 0 Å². The summed E-state index contributed by atoms with van der Waals surface area (Å²) in [6, 6.07) is 5.69. The van der Waals surface area contributed by atoms with Gasteiger partial charge in [0.1, 0.15) is 29.8 Å². The molecule has 11 heteroatoms. The molecule has 5 aliphatic rings. The van der Waals surface area contributed by atoms with E-state index in [4.69, 9.17) is 46.7 Å². The highest BCUT2D eigenvalue weighted by molar-refractivity contribution is 7.20. The van der Waals surface area contributed by atoms with E-state index in [1.807, 2.05) is 24.3 Å². The molecule has 0 amide bonds. The Morgan fingerprint density at radius 3 is 2.66 bits per heavy atom. The van der Waals surface area contributed by atoms with E-state index >= 15 is 0 Å². The van der Waals surface area contributed by atoms with Gasteiger partial charge in [-0.3, -0.25) is 4.79 Å². The second kappa shape index (κ2) is 10.5. The summed E-state index contributed by atoms with van der Waals surface area (Å²) in [6.07, 6.45) is 6.53. The quantitative estimate of drug-likeness (QED) is 0.244. The van der Waals surface area contributed by atoms with E-state index in [1.54, 1.807) is 0 Å². The largest absolute Gasteiger partial charge is 0.461 e. The van der Waals surface area contributed by atoms with Gasteiger partial charge >= 0.3 is 0 Å². The van der Waals surface area contributed by atoms with Crippen LogP contribution in [0, 0.1) is 5.92 Å². The minimum absolute atomic E-state index is 0.187. The Kier molecular flexibility index (Phi) is 6.73. The first-order valence-electron chi connectivity index (χ1n) is 14.2. The average molecular weight is 616 g/mol. The lowest BCUT2D eigenvalue weighted by Crippen LogP contribution is -2.35. The Labute approximate surface area is 250 Å². The number of aromatic nitrogens is 2. The molecule has 2 aliphatic heterocycles. The summed E-state index contributed by atoms with van der Waals surface area (Å²) in [7, 11) is 0. The molecule has 0 spiro atoms. The van der Waals surface area contributed by atoms with Crippen LogP contribution in [0.15, 0.2) is 38.9 Å². The zero-order valence-corrected chi connectivity index (χ0v) is 24.5. The number of hydrogen-bond donors (Lipinski definition) is 0. The lowest BCUT2D eigenvalue weighted by Gasteiger charge is -2.18. The number of Topliss-reactive ketones (excluding diaryl/α,β-unsaturated/α-hetero) is 1. The molecule has 8 rings (SSSR count). The lowest BCUT2D eigenvalue weighted by molar-refractivity contribution is -0.0429. The van der Waals surface area contributed by atoms with Gasteiger partial charge in [0.15, 0.2) is 11.9 Å². The monoisotopic (exact) mass is 614 g/mol. The van der Waals surface area contributed by atoms with Crippen LogP contribution in [0.25, 0.3) is 15.8 Å². The molecule has 0 bridgehead atoms. The maximum Gasteiger partial charge on any atom is 0.274 e. The Bertz CT molecular complexity index is 1590. The molecule has 4 fully saturated rings. The van der Waals surface area contributed by atoms with Gasteiger partial charge in [0.25, 0.3) is 5.19 Å². The fourth-order valence-corrected chi connectivity index (χ4v) is 7.50. The van der Waals surface area contributed by atoms with Crippen LogP contribution >= 0.6 is 34.5 Å². The number of rotatable bonds is 9. The Morgan fingerprint density at radius 2 is 1.88 bits per heavy atom. The fraction of sp³-hybridized carbons (Fsp3) is 0.500. The van der Waals surface area contributed by atoms with Gasteiger partial charge in [-0.25, -0.2) is 4.98 Å². The van der Waals surface area contributed by atoms with Crippen molar-refractivity contribution in [3.05, 3.63) is 56.9 Å². The Hall–Kier alpha value is -2.27. The van der Waals surface area contributed by atoms with E-state index in [2.05, 4.69) is 10.1 Å². The van der Waals surface area contributed by atoms with Crippen LogP contribution in [0.5, 0.6) is 5.19 Å². The number of hydrogen-bond acceptors (Lipinski definition) is 9. The molecular formula is C30H28Cl2N2O6S. The standard InChI is InChI=1S/C30H28Cl2N2O6S/c31-18-2-1-3-19(32)24(18)25-17(27(40-34-25)15-6-7-15)11-36-21-12-37-29-22(13-38-28(21)29)39-30-33-20-9-8-16(10-23(20)41-30)26(35)14-4-5-14/h2,8-10,14-15,21-22,28-29H,1,3-7,11-13H2/t21?,22?,28-,29-/m1/s1. The fourth-order valence-electron chi connectivity index (χ4n) is 5.93. The van der Waals surface area contributed by atoms with Crippen molar-refractivity contribution in [1.29, 1.82) is 0 Å². The van der Waals surface area contributed by atoms with Crippen LogP contribution in [-0.2, 0) is 20.8 Å². The van der Waals surface area contributed by atoms with E-state index in [1.165, 1.54) is 11.3 Å². The molecule has 2 unspecified atom stereocenters. The molecule has 8 nitrogen and oxygen atoms in total. The summed E-state index contributed by atoms with van der Waals surface area (Å²) in [5.41, 5.74) is 3.87. The van der Waals surface area contributed by atoms with Crippen molar-refractivity contribution in [3.63, 3.8) is 0 Å². The number of benzene rings is 1. The summed E-state index contributed by atoms with van der Waals surface area (Å²) in [4.78, 5) is 17.1. The van der Waals surface area contributed by atoms with Crippen molar-refractivity contribution in [1.82, 2.24) is 10.1 Å². The number of ketones is 1. The van der Waals surface area contributed by atoms with Crippen molar-refractivity contribution >= 4 is 56.1 Å². The highest BCUT2D eigenvalue weighted by atomic mass is 35.5. The first-order valence-corrected chi connectivity index (χ1v) is 15.8. The number of nitrogens with zero attached hydrogens (tertiary/aromatic N) is 2. The summed E-state index contributed by atoms with van der Waals surface area (Å²) in [6.45, 7) is 1.07. The van der Waals surface area contributed by atoms with Crippen LogP contribution in [0.1, 0.15) is 71.8 Å². The first kappa shape index (κ1) is 26.4. The van der Waals surface area contributed by atoms with Crippen molar-refractivity contribution in [3.8, 4) is 5.19 Å². The normalized spacial score (nSPS) is 27.9. The minimum atomic E-state index is -0.301. The van der Waals surface area contributed by atoms with Gasteiger partial charge in [-0.2, -0.15) is 0 Å². The van der Waals surface area contributed by atoms with Gasteiger partial charge in [0, 0.05) is 38.6 Å². The molecule has 4 heterocycles. The van der Waals surface area contributed by atoms with E-state index in [-0.39, 0.29) is 36.1 Å². The summed E-state index contributed by atoms with van der Waals surface area (Å²) < 4.78 is 31.7. The predicted octanol–water partition coefficient (Wildman–Crippen LogP) is 6.75. The molecule has 1 aromatic carbocycles. The van der Waals surface area contributed by atoms with Crippen molar-refractivity contribution in [2.75, 3.05) is 13.2 Å². The molecular weight excluding hydrogens is 587 g/mol. The Morgan fingerprint density at radius 1 is 1.07 bits per heavy atom. The van der Waals surface area contributed by atoms with Crippen molar-refractivity contribution in [2.24, 2.45) is 5.92 Å². The molecule has 214 valence electrons. The van der Waals surface area contributed by atoms with Gasteiger partial charge in [-0.05, 0) is 56.7 Å². The maximum absolute atomic E-state index is 12.5. The van der Waals surface area contributed by atoms with Crippen LogP contribution in [-0.4, -0.2) is 53.6 Å². The molecule has 2 aromatic heterocycles. The topological polar surface area (TPSA) is 92.9 Å². The number of carbonyl (C=O) groups is 1. The van der Waals surface area contributed by atoms with Gasteiger partial charge < -0.3 is 23.5 Å². The van der Waals surface area contributed by atoms with E-state index in [9.17, 15) is 4.79 Å². The zero-order valence-electron chi connectivity index (χ0n) is 22.1. The van der Waals surface area contributed by atoms with Crippen LogP contribution in [0.4, 0.5) is 0 Å². The van der Waals surface area contributed by atoms with Crippen LogP contribution in [0.3, 0.4) is 0 Å². The molecule has 2 saturated heterocycles. The third kappa shape index (κ3) is 4.94. The van der Waals surface area contributed by atoms with Crippen molar-refractivity contribution < 1.29 is 28.3 Å². The highest BCUT2D eigenvalue weighted by Crippen LogP contribution is 2.46. The third-order valence-corrected chi connectivity index (χ3v) is 10.1. The summed E-state index contributed by atoms with van der Waals surface area (Å²) in [5, 5.41) is 6.22. The Balaban J connectivity index is 0.953. The molecule has 41 heavy (non-hydrogen) atoms. The average Bonchev–Trinajstić information content (AvgIpc) is 3.83. The van der Waals surface area contributed by atoms with Crippen LogP contribution in [0.2, 0.25) is 0 Å². The second-order valence-electron chi connectivity index (χ2n) is 11.4. The van der Waals surface area contributed by atoms with E-state index in [0.29, 0.717) is 46.7 Å². The number of ether oxygens (including phenoxy) is 4. The molecule has 3 aromatic rings. The number of carbonyl (C=O) groups excluding carboxylic acids is 1. The first-order chi connectivity index (χ1) is 20.0. The van der Waals surface area contributed by atoms with Crippen molar-refractivity contribution in [2.45, 2.75) is 75.5 Å². The SMILES string of the molecule is O=C(c1ccc2nc(OC3CO[C@@H]4C(OCc5c(C6=C(Cl)CCC=C6Cl)noc5C5CC5)CO[C@H]34)sc2c1)C1CC1. The van der Waals surface area contributed by atoms with Crippen LogP contribution < -0.4 is 4.74 Å². The van der Waals surface area contributed by atoms with Gasteiger partial charge in [-0.1, -0.05) is 45.8 Å². The van der Waals surface area contributed by atoms with E-state index < -0.39 is 0 Å². The zero-order chi connectivity index (χ0) is 27.7. The van der Waals surface area contributed by atoms with Gasteiger partial charge in [0.2, 0.25) is 0 Å². The number of halogens is 2. The lowest BCUT2D eigenvalue weighted by atomic mass is 9.99. The van der Waals surface area contributed by atoms with Gasteiger partial charge in [0.05, 0.1) is 30.0 Å². The number of allylic oxidation sites excluding steroid dienone is 4.